The fourth-order valence-corrected chi connectivity index (χ4v) is 0.448. The predicted molar refractivity (Wildman–Crippen MR) is 44.6 cm³/mol. The van der Waals surface area contributed by atoms with Gasteiger partial charge in [-0.3, -0.25) is 4.98 Å². The standard InChI is InChI=1S/C6H7N.CH4O3S.Na/c1-6-4-2-3-5-7-6;1-5(2,3)4;/h2-5H,1H3;1H3,(H,2,3,4);/q;;+1/p-1. The summed E-state index contributed by atoms with van der Waals surface area (Å²) in [6.45, 7) is 1.97. The van der Waals surface area contributed by atoms with Gasteiger partial charge in [0, 0.05) is 18.1 Å². The third-order valence-corrected chi connectivity index (χ3v) is 0.813. The summed E-state index contributed by atoms with van der Waals surface area (Å²) < 4.78 is 27.2. The van der Waals surface area contributed by atoms with Crippen molar-refractivity contribution in [1.82, 2.24) is 4.98 Å². The minimum absolute atomic E-state index is 0. The number of aromatic nitrogens is 1. The molecule has 0 aliphatic rings. The molecule has 68 valence electrons. The van der Waals surface area contributed by atoms with Gasteiger partial charge in [-0.1, -0.05) is 6.07 Å². The van der Waals surface area contributed by atoms with Gasteiger partial charge in [-0.05, 0) is 19.1 Å². The molecule has 0 spiro atoms. The topological polar surface area (TPSA) is 70.1 Å². The summed E-state index contributed by atoms with van der Waals surface area (Å²) in [5, 5.41) is 0. The summed E-state index contributed by atoms with van der Waals surface area (Å²) in [6.07, 6.45) is 2.39. The van der Waals surface area contributed by atoms with Crippen molar-refractivity contribution in [3.63, 3.8) is 0 Å². The Morgan fingerprint density at radius 3 is 2.00 bits per heavy atom. The van der Waals surface area contributed by atoms with E-state index >= 15 is 0 Å². The van der Waals surface area contributed by atoms with Crippen molar-refractivity contribution in [2.24, 2.45) is 0 Å². The molecule has 6 heteroatoms. The Morgan fingerprint density at radius 2 is 1.85 bits per heavy atom. The second-order valence-corrected chi connectivity index (χ2v) is 3.58. The van der Waals surface area contributed by atoms with Gasteiger partial charge in [0.15, 0.2) is 0 Å². The molecule has 0 atom stereocenters. The zero-order chi connectivity index (χ0) is 9.61. The van der Waals surface area contributed by atoms with E-state index < -0.39 is 10.1 Å². The Bertz CT molecular complexity index is 304. The van der Waals surface area contributed by atoms with Crippen LogP contribution >= 0.6 is 0 Å². The van der Waals surface area contributed by atoms with Crippen LogP contribution in [0.1, 0.15) is 5.69 Å². The fraction of sp³-hybridized carbons (Fsp3) is 0.286. The van der Waals surface area contributed by atoms with Crippen LogP contribution in [-0.4, -0.2) is 24.2 Å². The van der Waals surface area contributed by atoms with E-state index in [1.165, 1.54) is 0 Å². The average molecular weight is 211 g/mol. The predicted octanol–water partition coefficient (Wildman–Crippen LogP) is -2.44. The van der Waals surface area contributed by atoms with Crippen LogP contribution in [0.15, 0.2) is 24.4 Å². The number of rotatable bonds is 0. The summed E-state index contributed by atoms with van der Waals surface area (Å²) >= 11 is 0. The van der Waals surface area contributed by atoms with Crippen LogP contribution in [0.2, 0.25) is 0 Å². The van der Waals surface area contributed by atoms with E-state index in [9.17, 15) is 0 Å². The molecule has 0 saturated heterocycles. The molecule has 0 saturated carbocycles. The molecule has 0 aliphatic carbocycles. The van der Waals surface area contributed by atoms with Crippen LogP contribution in [0, 0.1) is 6.92 Å². The van der Waals surface area contributed by atoms with Gasteiger partial charge in [0.1, 0.15) is 0 Å². The Labute approximate surface area is 100 Å². The smallest absolute Gasteiger partial charge is 0.748 e. The molecule has 1 aromatic rings. The van der Waals surface area contributed by atoms with Crippen LogP contribution in [0.25, 0.3) is 0 Å². The quantitative estimate of drug-likeness (QED) is 0.353. The van der Waals surface area contributed by atoms with E-state index in [2.05, 4.69) is 4.98 Å². The van der Waals surface area contributed by atoms with E-state index in [-0.39, 0.29) is 29.6 Å². The first-order valence-corrected chi connectivity index (χ1v) is 5.00. The van der Waals surface area contributed by atoms with Crippen molar-refractivity contribution in [3.8, 4) is 0 Å². The molecular formula is C7H10NNaO3S. The molecule has 4 nitrogen and oxygen atoms in total. The van der Waals surface area contributed by atoms with Crippen molar-refractivity contribution in [2.45, 2.75) is 6.92 Å². The molecular weight excluding hydrogens is 201 g/mol. The molecule has 1 aromatic heterocycles. The van der Waals surface area contributed by atoms with Crippen molar-refractivity contribution in [3.05, 3.63) is 30.1 Å². The van der Waals surface area contributed by atoms with Crippen molar-refractivity contribution >= 4 is 10.1 Å². The second kappa shape index (κ2) is 7.46. The van der Waals surface area contributed by atoms with Gasteiger partial charge in [0.25, 0.3) is 0 Å². The molecule has 1 heterocycles. The van der Waals surface area contributed by atoms with Gasteiger partial charge in [-0.15, -0.1) is 0 Å². The second-order valence-electron chi connectivity index (χ2n) is 2.18. The molecule has 0 radical (unpaired) electrons. The molecule has 0 N–H and O–H groups in total. The summed E-state index contributed by atoms with van der Waals surface area (Å²) in [6, 6.07) is 5.86. The average Bonchev–Trinajstić information content (AvgIpc) is 1.85. The largest absolute Gasteiger partial charge is 1.00 e. The number of pyridine rings is 1. The molecule has 0 fully saturated rings. The summed E-state index contributed by atoms with van der Waals surface area (Å²) in [7, 11) is -3.92. The first-order valence-electron chi connectivity index (χ1n) is 3.18. The van der Waals surface area contributed by atoms with Crippen LogP contribution in [0.4, 0.5) is 0 Å². The molecule has 0 bridgehead atoms. The molecule has 0 unspecified atom stereocenters. The zero-order valence-electron chi connectivity index (χ0n) is 7.89. The van der Waals surface area contributed by atoms with Gasteiger partial charge < -0.3 is 4.55 Å². The van der Waals surface area contributed by atoms with Gasteiger partial charge in [0.05, 0.1) is 10.1 Å². The SMILES string of the molecule is CS(=O)(=O)[O-].Cc1ccccn1.[Na+]. The minimum atomic E-state index is -3.92. The maximum atomic E-state index is 9.08. The van der Waals surface area contributed by atoms with E-state index in [0.717, 1.165) is 5.69 Å². The number of aryl methyl sites for hydroxylation is 1. The Morgan fingerprint density at radius 1 is 1.38 bits per heavy atom. The van der Waals surface area contributed by atoms with Crippen molar-refractivity contribution in [1.29, 1.82) is 0 Å². The summed E-state index contributed by atoms with van der Waals surface area (Å²) in [4.78, 5) is 3.98. The number of hydrogen-bond donors (Lipinski definition) is 0. The first kappa shape index (κ1) is 15.5. The molecule has 1 rings (SSSR count). The van der Waals surface area contributed by atoms with Crippen LogP contribution in [-0.2, 0) is 10.1 Å². The van der Waals surface area contributed by atoms with Crippen molar-refractivity contribution < 1.29 is 42.5 Å². The van der Waals surface area contributed by atoms with E-state index in [1.807, 2.05) is 25.1 Å². The monoisotopic (exact) mass is 211 g/mol. The van der Waals surface area contributed by atoms with E-state index in [1.54, 1.807) is 6.20 Å². The summed E-state index contributed by atoms with van der Waals surface area (Å²) in [5.74, 6) is 0. The van der Waals surface area contributed by atoms with E-state index in [0.29, 0.717) is 6.26 Å². The first-order chi connectivity index (χ1) is 5.39. The van der Waals surface area contributed by atoms with Gasteiger partial charge in [-0.2, -0.15) is 0 Å². The zero-order valence-corrected chi connectivity index (χ0v) is 10.7. The molecule has 0 aliphatic heterocycles. The van der Waals surface area contributed by atoms with Crippen LogP contribution in [0.5, 0.6) is 0 Å². The number of nitrogens with zero attached hydrogens (tertiary/aromatic N) is 1. The summed E-state index contributed by atoms with van der Waals surface area (Å²) in [5.41, 5.74) is 1.07. The molecule has 13 heavy (non-hydrogen) atoms. The van der Waals surface area contributed by atoms with Crippen LogP contribution < -0.4 is 29.6 Å². The Balaban J connectivity index is 0. The van der Waals surface area contributed by atoms with Crippen LogP contribution in [0.3, 0.4) is 0 Å². The maximum Gasteiger partial charge on any atom is 1.00 e. The minimum Gasteiger partial charge on any atom is -0.748 e. The number of hydrogen-bond acceptors (Lipinski definition) is 4. The third-order valence-electron chi connectivity index (χ3n) is 0.813. The maximum absolute atomic E-state index is 9.08. The van der Waals surface area contributed by atoms with Gasteiger partial charge >= 0.3 is 29.6 Å². The normalized spacial score (nSPS) is 9.15. The van der Waals surface area contributed by atoms with Gasteiger partial charge in [-0.25, -0.2) is 8.42 Å². The fourth-order valence-electron chi connectivity index (χ4n) is 0.448. The van der Waals surface area contributed by atoms with E-state index in [4.69, 9.17) is 13.0 Å². The van der Waals surface area contributed by atoms with Crippen molar-refractivity contribution in [2.75, 3.05) is 6.26 Å². The Hall–Kier alpha value is 0.0600. The molecule has 0 amide bonds. The van der Waals surface area contributed by atoms with Gasteiger partial charge in [0.2, 0.25) is 0 Å². The Kier molecular flexibility index (Phi) is 8.91. The third kappa shape index (κ3) is 18.8. The molecule has 0 aromatic carbocycles.